The predicted octanol–water partition coefficient (Wildman–Crippen LogP) is 5.31. The molecule has 0 fully saturated rings. The van der Waals surface area contributed by atoms with E-state index in [2.05, 4.69) is 107 Å². The lowest BCUT2D eigenvalue weighted by molar-refractivity contribution is 1.09. The standard InChI is InChI=1S/C24H28P/c1-18(2)25(22-15-9-6-12-19(22)3,23-16-10-7-13-20(23)4)24-17-11-8-14-21(24)5/h6-18H,1-5H3/q+1. The molecule has 0 aliphatic rings. The Morgan fingerprint density at radius 1 is 0.520 bits per heavy atom. The van der Waals surface area contributed by atoms with Gasteiger partial charge in [-0.05, 0) is 69.5 Å². The van der Waals surface area contributed by atoms with Gasteiger partial charge in [0.15, 0.2) is 0 Å². The summed E-state index contributed by atoms with van der Waals surface area (Å²) in [5.74, 6) is 0. The number of hydrogen-bond donors (Lipinski definition) is 0. The molecule has 0 radical (unpaired) electrons. The molecule has 0 saturated heterocycles. The Bertz CT molecular complexity index is 766. The van der Waals surface area contributed by atoms with Gasteiger partial charge in [-0.1, -0.05) is 54.6 Å². The Balaban J connectivity index is 2.49. The second-order valence-electron chi connectivity index (χ2n) is 7.18. The third-order valence-corrected chi connectivity index (χ3v) is 10.6. The number of hydrogen-bond acceptors (Lipinski definition) is 0. The summed E-state index contributed by atoms with van der Waals surface area (Å²) in [5, 5.41) is 4.57. The van der Waals surface area contributed by atoms with Gasteiger partial charge in [0.05, 0.1) is 5.66 Å². The molecule has 3 aromatic carbocycles. The Kier molecular flexibility index (Phi) is 5.11. The van der Waals surface area contributed by atoms with Crippen molar-refractivity contribution in [3.63, 3.8) is 0 Å². The first-order valence-electron chi connectivity index (χ1n) is 9.07. The van der Waals surface area contributed by atoms with Crippen molar-refractivity contribution >= 4 is 23.2 Å². The molecule has 0 nitrogen and oxygen atoms in total. The van der Waals surface area contributed by atoms with Crippen LogP contribution < -0.4 is 15.9 Å². The molecule has 0 atom stereocenters. The summed E-state index contributed by atoms with van der Waals surface area (Å²) in [6.07, 6.45) is 0. The maximum absolute atomic E-state index is 2.40. The van der Waals surface area contributed by atoms with E-state index in [4.69, 9.17) is 0 Å². The first kappa shape index (κ1) is 17.9. The van der Waals surface area contributed by atoms with Crippen molar-refractivity contribution in [1.29, 1.82) is 0 Å². The highest BCUT2D eigenvalue weighted by Gasteiger charge is 2.50. The van der Waals surface area contributed by atoms with Crippen LogP contribution in [0.15, 0.2) is 72.8 Å². The summed E-state index contributed by atoms with van der Waals surface area (Å²) in [6.45, 7) is 11.6. The van der Waals surface area contributed by atoms with Gasteiger partial charge >= 0.3 is 0 Å². The van der Waals surface area contributed by atoms with Gasteiger partial charge in [-0.2, -0.15) is 0 Å². The van der Waals surface area contributed by atoms with Gasteiger partial charge in [0, 0.05) is 0 Å². The van der Waals surface area contributed by atoms with E-state index in [0.29, 0.717) is 5.66 Å². The second kappa shape index (κ2) is 7.14. The summed E-state index contributed by atoms with van der Waals surface area (Å²) >= 11 is 0. The zero-order chi connectivity index (χ0) is 18.0. The molecular formula is C24H28P+. The molecule has 0 aromatic heterocycles. The molecule has 0 spiro atoms. The minimum atomic E-state index is -1.74. The van der Waals surface area contributed by atoms with E-state index < -0.39 is 7.26 Å². The van der Waals surface area contributed by atoms with E-state index in [-0.39, 0.29) is 0 Å². The smallest absolute Gasteiger partial charge is 0.0617 e. The van der Waals surface area contributed by atoms with Crippen LogP contribution in [0.4, 0.5) is 0 Å². The summed E-state index contributed by atoms with van der Waals surface area (Å²) in [5.41, 5.74) is 4.74. The highest BCUT2D eigenvalue weighted by atomic mass is 31.2. The number of aryl methyl sites for hydroxylation is 3. The second-order valence-corrected chi connectivity index (χ2v) is 11.1. The van der Waals surface area contributed by atoms with Crippen LogP contribution in [0, 0.1) is 20.8 Å². The van der Waals surface area contributed by atoms with Crippen LogP contribution in [0.3, 0.4) is 0 Å². The van der Waals surface area contributed by atoms with Crippen LogP contribution in [-0.4, -0.2) is 5.66 Å². The van der Waals surface area contributed by atoms with Crippen LogP contribution >= 0.6 is 7.26 Å². The molecule has 0 aliphatic carbocycles. The van der Waals surface area contributed by atoms with E-state index in [1.165, 1.54) is 32.6 Å². The van der Waals surface area contributed by atoms with Gasteiger partial charge in [0.25, 0.3) is 0 Å². The van der Waals surface area contributed by atoms with E-state index in [9.17, 15) is 0 Å². The zero-order valence-corrected chi connectivity index (χ0v) is 16.8. The number of benzene rings is 3. The normalized spacial score (nSPS) is 11.8. The Hall–Kier alpha value is -1.91. The van der Waals surface area contributed by atoms with E-state index in [1.807, 2.05) is 0 Å². The van der Waals surface area contributed by atoms with E-state index in [0.717, 1.165) is 0 Å². The molecule has 0 heterocycles. The van der Waals surface area contributed by atoms with Crippen LogP contribution in [0.1, 0.15) is 30.5 Å². The molecule has 0 bridgehead atoms. The molecule has 3 aromatic rings. The summed E-state index contributed by atoms with van der Waals surface area (Å²) in [6, 6.07) is 27.0. The highest BCUT2D eigenvalue weighted by molar-refractivity contribution is 7.96. The van der Waals surface area contributed by atoms with E-state index in [1.54, 1.807) is 0 Å². The maximum Gasteiger partial charge on any atom is 0.115 e. The average molecular weight is 347 g/mol. The zero-order valence-electron chi connectivity index (χ0n) is 16.0. The van der Waals surface area contributed by atoms with Gasteiger partial charge in [-0.25, -0.2) is 0 Å². The molecule has 128 valence electrons. The number of rotatable bonds is 4. The molecule has 0 amide bonds. The maximum atomic E-state index is 2.40. The fourth-order valence-corrected chi connectivity index (χ4v) is 9.41. The summed E-state index contributed by atoms with van der Waals surface area (Å²) < 4.78 is 0. The monoisotopic (exact) mass is 347 g/mol. The third-order valence-electron chi connectivity index (χ3n) is 5.26. The molecule has 25 heavy (non-hydrogen) atoms. The third kappa shape index (κ3) is 2.94. The molecule has 3 rings (SSSR count). The van der Waals surface area contributed by atoms with Crippen LogP contribution in [-0.2, 0) is 0 Å². The van der Waals surface area contributed by atoms with Crippen molar-refractivity contribution in [3.05, 3.63) is 89.5 Å². The van der Waals surface area contributed by atoms with Crippen LogP contribution in [0.25, 0.3) is 0 Å². The van der Waals surface area contributed by atoms with E-state index >= 15 is 0 Å². The molecule has 0 aliphatic heterocycles. The van der Waals surface area contributed by atoms with Crippen molar-refractivity contribution in [1.82, 2.24) is 0 Å². The lowest BCUT2D eigenvalue weighted by atomic mass is 10.2. The van der Waals surface area contributed by atoms with Gasteiger partial charge in [-0.15, -0.1) is 0 Å². The van der Waals surface area contributed by atoms with Crippen molar-refractivity contribution < 1.29 is 0 Å². The predicted molar refractivity (Wildman–Crippen MR) is 114 cm³/mol. The van der Waals surface area contributed by atoms with Crippen LogP contribution in [0.5, 0.6) is 0 Å². The topological polar surface area (TPSA) is 0 Å². The summed E-state index contributed by atoms with van der Waals surface area (Å²) in [4.78, 5) is 0. The fourth-order valence-electron chi connectivity index (χ4n) is 4.10. The largest absolute Gasteiger partial charge is 0.115 e. The average Bonchev–Trinajstić information content (AvgIpc) is 2.59. The quantitative estimate of drug-likeness (QED) is 0.561. The van der Waals surface area contributed by atoms with Crippen molar-refractivity contribution in [2.45, 2.75) is 40.3 Å². The Labute approximate surface area is 153 Å². The minimum absolute atomic E-state index is 0.538. The summed E-state index contributed by atoms with van der Waals surface area (Å²) in [7, 11) is -1.74. The highest BCUT2D eigenvalue weighted by Crippen LogP contribution is 2.61. The molecule has 1 heteroatoms. The molecule has 0 unspecified atom stereocenters. The lowest BCUT2D eigenvalue weighted by Crippen LogP contribution is -2.39. The van der Waals surface area contributed by atoms with Gasteiger partial charge < -0.3 is 0 Å². The first-order chi connectivity index (χ1) is 12.0. The van der Waals surface area contributed by atoms with Crippen molar-refractivity contribution in [2.75, 3.05) is 0 Å². The Morgan fingerprint density at radius 2 is 0.800 bits per heavy atom. The van der Waals surface area contributed by atoms with Crippen molar-refractivity contribution in [2.24, 2.45) is 0 Å². The van der Waals surface area contributed by atoms with Crippen molar-refractivity contribution in [3.8, 4) is 0 Å². The van der Waals surface area contributed by atoms with Crippen LogP contribution in [0.2, 0.25) is 0 Å². The molecule has 0 N–H and O–H groups in total. The van der Waals surface area contributed by atoms with Gasteiger partial charge in [0.1, 0.15) is 23.2 Å². The van der Waals surface area contributed by atoms with Gasteiger partial charge in [0.2, 0.25) is 0 Å². The molecule has 0 saturated carbocycles. The first-order valence-corrected chi connectivity index (χ1v) is 10.9. The lowest BCUT2D eigenvalue weighted by Gasteiger charge is -2.34. The minimum Gasteiger partial charge on any atom is -0.0617 e. The van der Waals surface area contributed by atoms with Gasteiger partial charge in [-0.3, -0.25) is 0 Å². The fraction of sp³-hybridized carbons (Fsp3) is 0.250. The molecular weight excluding hydrogens is 319 g/mol. The SMILES string of the molecule is Cc1ccccc1[P+](c1ccccc1C)(c1ccccc1C)C(C)C. The Morgan fingerprint density at radius 3 is 1.04 bits per heavy atom.